The van der Waals surface area contributed by atoms with Crippen molar-refractivity contribution in [2.75, 3.05) is 6.61 Å². The van der Waals surface area contributed by atoms with Crippen molar-refractivity contribution in [3.63, 3.8) is 0 Å². The van der Waals surface area contributed by atoms with E-state index in [1.54, 1.807) is 6.92 Å². The molecule has 0 aliphatic carbocycles. The Morgan fingerprint density at radius 2 is 2.42 bits per heavy atom. The van der Waals surface area contributed by atoms with Crippen molar-refractivity contribution in [1.82, 2.24) is 5.32 Å². The van der Waals surface area contributed by atoms with E-state index < -0.39 is 5.97 Å². The first-order valence-corrected chi connectivity index (χ1v) is 3.60. The van der Waals surface area contributed by atoms with Gasteiger partial charge in [0.05, 0.1) is 6.61 Å². The van der Waals surface area contributed by atoms with Crippen LogP contribution in [0.15, 0.2) is 23.9 Å². The SMILES string of the molecule is CCOC(=O)/C=C1/C=CC(=O)N1. The van der Waals surface area contributed by atoms with Crippen molar-refractivity contribution < 1.29 is 14.3 Å². The highest BCUT2D eigenvalue weighted by Crippen LogP contribution is 2.00. The molecule has 0 saturated carbocycles. The maximum absolute atomic E-state index is 10.8. The molecule has 0 fully saturated rings. The predicted molar refractivity (Wildman–Crippen MR) is 42.0 cm³/mol. The number of hydrogen-bond acceptors (Lipinski definition) is 3. The summed E-state index contributed by atoms with van der Waals surface area (Å²) in [5.74, 6) is -0.662. The number of esters is 1. The molecule has 0 radical (unpaired) electrons. The van der Waals surface area contributed by atoms with E-state index in [9.17, 15) is 9.59 Å². The maximum Gasteiger partial charge on any atom is 0.332 e. The summed E-state index contributed by atoms with van der Waals surface area (Å²) in [7, 11) is 0. The molecule has 0 aromatic heterocycles. The third kappa shape index (κ3) is 2.23. The Labute approximate surface area is 69.9 Å². The van der Waals surface area contributed by atoms with Gasteiger partial charge in [-0.05, 0) is 13.0 Å². The lowest BCUT2D eigenvalue weighted by molar-refractivity contribution is -0.137. The molecule has 1 rings (SSSR count). The van der Waals surface area contributed by atoms with Gasteiger partial charge in [0.25, 0.3) is 0 Å². The van der Waals surface area contributed by atoms with Crippen LogP contribution in [0.2, 0.25) is 0 Å². The number of rotatable bonds is 2. The Kier molecular flexibility index (Phi) is 2.63. The molecule has 1 aliphatic rings. The molecule has 12 heavy (non-hydrogen) atoms. The number of carbonyl (C=O) groups excluding carboxylic acids is 2. The maximum atomic E-state index is 10.8. The first-order valence-electron chi connectivity index (χ1n) is 3.60. The third-order valence-electron chi connectivity index (χ3n) is 1.24. The van der Waals surface area contributed by atoms with Crippen LogP contribution in [0.4, 0.5) is 0 Å². The quantitative estimate of drug-likeness (QED) is 0.469. The van der Waals surface area contributed by atoms with E-state index in [1.807, 2.05) is 0 Å². The monoisotopic (exact) mass is 167 g/mol. The zero-order valence-corrected chi connectivity index (χ0v) is 6.66. The molecule has 4 heteroatoms. The fourth-order valence-electron chi connectivity index (χ4n) is 0.786. The minimum Gasteiger partial charge on any atom is -0.463 e. The number of ether oxygens (including phenoxy) is 1. The van der Waals surface area contributed by atoms with E-state index in [0.717, 1.165) is 0 Å². The van der Waals surface area contributed by atoms with Crippen LogP contribution in [0.3, 0.4) is 0 Å². The second-order valence-electron chi connectivity index (χ2n) is 2.17. The summed E-state index contributed by atoms with van der Waals surface area (Å²) in [6.07, 6.45) is 4.12. The lowest BCUT2D eigenvalue weighted by Crippen LogP contribution is -2.14. The van der Waals surface area contributed by atoms with Crippen LogP contribution in [-0.4, -0.2) is 18.5 Å². The molecule has 0 atom stereocenters. The molecular formula is C8H9NO3. The first kappa shape index (κ1) is 8.52. The van der Waals surface area contributed by atoms with E-state index in [4.69, 9.17) is 0 Å². The summed E-state index contributed by atoms with van der Waals surface area (Å²) >= 11 is 0. The summed E-state index contributed by atoms with van der Waals surface area (Å²) < 4.78 is 4.64. The second-order valence-corrected chi connectivity index (χ2v) is 2.17. The van der Waals surface area contributed by atoms with Crippen molar-refractivity contribution in [1.29, 1.82) is 0 Å². The number of carbonyl (C=O) groups is 2. The van der Waals surface area contributed by atoms with Gasteiger partial charge >= 0.3 is 5.97 Å². The molecule has 4 nitrogen and oxygen atoms in total. The average Bonchev–Trinajstić information content (AvgIpc) is 2.36. The van der Waals surface area contributed by atoms with Gasteiger partial charge in [-0.1, -0.05) is 0 Å². The zero-order chi connectivity index (χ0) is 8.97. The second kappa shape index (κ2) is 3.71. The number of nitrogens with one attached hydrogen (secondary N) is 1. The van der Waals surface area contributed by atoms with E-state index in [0.29, 0.717) is 12.3 Å². The van der Waals surface area contributed by atoms with E-state index in [2.05, 4.69) is 10.1 Å². The molecule has 1 N–H and O–H groups in total. The van der Waals surface area contributed by atoms with E-state index >= 15 is 0 Å². The average molecular weight is 167 g/mol. The van der Waals surface area contributed by atoms with Gasteiger partial charge in [-0.15, -0.1) is 0 Å². The molecule has 1 amide bonds. The summed E-state index contributed by atoms with van der Waals surface area (Å²) in [6.45, 7) is 2.06. The van der Waals surface area contributed by atoms with Gasteiger partial charge in [-0.2, -0.15) is 0 Å². The normalized spacial score (nSPS) is 18.1. The van der Waals surface area contributed by atoms with Crippen LogP contribution in [0, 0.1) is 0 Å². The van der Waals surface area contributed by atoms with Crippen LogP contribution >= 0.6 is 0 Å². The summed E-state index contributed by atoms with van der Waals surface area (Å²) in [6, 6.07) is 0. The highest BCUT2D eigenvalue weighted by Gasteiger charge is 2.07. The molecule has 0 aromatic rings. The summed E-state index contributed by atoms with van der Waals surface area (Å²) in [5.41, 5.74) is 0.471. The number of hydrogen-bond donors (Lipinski definition) is 1. The predicted octanol–water partition coefficient (Wildman–Crippen LogP) is 0.119. The molecule has 0 unspecified atom stereocenters. The van der Waals surface area contributed by atoms with Crippen molar-refractivity contribution in [3.05, 3.63) is 23.9 Å². The fourth-order valence-corrected chi connectivity index (χ4v) is 0.786. The topological polar surface area (TPSA) is 55.4 Å². The van der Waals surface area contributed by atoms with Gasteiger partial charge in [0.15, 0.2) is 0 Å². The lowest BCUT2D eigenvalue weighted by Gasteiger charge is -1.97. The van der Waals surface area contributed by atoms with Gasteiger partial charge < -0.3 is 10.1 Å². The van der Waals surface area contributed by atoms with Crippen molar-refractivity contribution in [2.45, 2.75) is 6.92 Å². The lowest BCUT2D eigenvalue weighted by atomic mass is 10.4. The Morgan fingerprint density at radius 3 is 2.92 bits per heavy atom. The Hall–Kier alpha value is -1.58. The third-order valence-corrected chi connectivity index (χ3v) is 1.24. The minimum absolute atomic E-state index is 0.217. The van der Waals surface area contributed by atoms with Crippen molar-refractivity contribution in [2.24, 2.45) is 0 Å². The molecule has 0 saturated heterocycles. The first-order chi connectivity index (χ1) is 5.72. The molecule has 0 bridgehead atoms. The van der Waals surface area contributed by atoms with Gasteiger partial charge in [0.1, 0.15) is 0 Å². The van der Waals surface area contributed by atoms with Crippen LogP contribution in [-0.2, 0) is 14.3 Å². The van der Waals surface area contributed by atoms with Crippen LogP contribution in [0.25, 0.3) is 0 Å². The van der Waals surface area contributed by atoms with E-state index in [-0.39, 0.29) is 5.91 Å². The molecule has 0 aromatic carbocycles. The zero-order valence-electron chi connectivity index (χ0n) is 6.66. The number of amides is 1. The Morgan fingerprint density at radius 1 is 1.67 bits per heavy atom. The largest absolute Gasteiger partial charge is 0.463 e. The van der Waals surface area contributed by atoms with Crippen LogP contribution in [0.1, 0.15) is 6.92 Å². The summed E-state index contributed by atoms with van der Waals surface area (Å²) in [4.78, 5) is 21.4. The molecule has 1 aliphatic heterocycles. The molecule has 64 valence electrons. The van der Waals surface area contributed by atoms with Gasteiger partial charge in [-0.3, -0.25) is 4.79 Å². The Bertz CT molecular complexity index is 265. The van der Waals surface area contributed by atoms with Crippen molar-refractivity contribution in [3.8, 4) is 0 Å². The van der Waals surface area contributed by atoms with Crippen LogP contribution in [0.5, 0.6) is 0 Å². The van der Waals surface area contributed by atoms with Crippen LogP contribution < -0.4 is 5.32 Å². The van der Waals surface area contributed by atoms with Gasteiger partial charge in [-0.25, -0.2) is 4.79 Å². The molecular weight excluding hydrogens is 158 g/mol. The van der Waals surface area contributed by atoms with E-state index in [1.165, 1.54) is 18.2 Å². The minimum atomic E-state index is -0.445. The van der Waals surface area contributed by atoms with Crippen molar-refractivity contribution >= 4 is 11.9 Å². The highest BCUT2D eigenvalue weighted by atomic mass is 16.5. The molecule has 0 spiro atoms. The summed E-state index contributed by atoms with van der Waals surface area (Å²) in [5, 5.41) is 2.45. The molecule has 1 heterocycles. The standard InChI is InChI=1S/C8H9NO3/c1-2-12-8(11)5-6-3-4-7(10)9-6/h3-5H,2H2,1H3,(H,9,10)/b6-5-. The number of allylic oxidation sites excluding steroid dienone is 1. The smallest absolute Gasteiger partial charge is 0.332 e. The van der Waals surface area contributed by atoms with Gasteiger partial charge in [0.2, 0.25) is 5.91 Å². The van der Waals surface area contributed by atoms with Gasteiger partial charge in [0, 0.05) is 17.8 Å². The fraction of sp³-hybridized carbons (Fsp3) is 0.250. The Balaban J connectivity index is 2.53. The highest BCUT2D eigenvalue weighted by molar-refractivity contribution is 5.95.